The van der Waals surface area contributed by atoms with Crippen molar-refractivity contribution in [3.05, 3.63) is 11.4 Å². The third-order valence-corrected chi connectivity index (χ3v) is 3.24. The lowest BCUT2D eigenvalue weighted by molar-refractivity contribution is -0.164. The van der Waals surface area contributed by atoms with Crippen LogP contribution in [0, 0.1) is 0 Å². The Morgan fingerprint density at radius 1 is 1.43 bits per heavy atom. The van der Waals surface area contributed by atoms with Gasteiger partial charge in [0.25, 0.3) is 0 Å². The highest BCUT2D eigenvalue weighted by atomic mass is 16.7. The standard InChI is InChI=1S/C13H21N3O5/c1-18-9-10-12(13(17)19-2)14-15-16(10)6-8-21-11-5-3-4-7-20-11/h11H,3-9H2,1-2H3. The molecule has 2 heterocycles. The van der Waals surface area contributed by atoms with Gasteiger partial charge in [0.05, 0.1) is 32.6 Å². The van der Waals surface area contributed by atoms with Crippen molar-refractivity contribution >= 4 is 5.97 Å². The molecule has 0 aromatic carbocycles. The Morgan fingerprint density at radius 3 is 2.95 bits per heavy atom. The van der Waals surface area contributed by atoms with E-state index in [1.807, 2.05) is 0 Å². The zero-order valence-corrected chi connectivity index (χ0v) is 12.4. The molecule has 118 valence electrons. The van der Waals surface area contributed by atoms with Crippen molar-refractivity contribution in [2.24, 2.45) is 0 Å². The Labute approximate surface area is 123 Å². The number of hydrogen-bond donors (Lipinski definition) is 0. The van der Waals surface area contributed by atoms with Gasteiger partial charge in [0, 0.05) is 13.7 Å². The maximum atomic E-state index is 11.6. The van der Waals surface area contributed by atoms with Crippen LogP contribution in [0.4, 0.5) is 0 Å². The fourth-order valence-corrected chi connectivity index (χ4v) is 2.16. The van der Waals surface area contributed by atoms with Gasteiger partial charge in [-0.2, -0.15) is 0 Å². The van der Waals surface area contributed by atoms with Gasteiger partial charge >= 0.3 is 5.97 Å². The lowest BCUT2D eigenvalue weighted by Crippen LogP contribution is -2.24. The van der Waals surface area contributed by atoms with Gasteiger partial charge in [-0.25, -0.2) is 9.48 Å². The molecule has 0 amide bonds. The average Bonchev–Trinajstić information content (AvgIpc) is 2.91. The number of aromatic nitrogens is 3. The molecule has 0 saturated carbocycles. The van der Waals surface area contributed by atoms with E-state index in [-0.39, 0.29) is 18.6 Å². The molecule has 1 saturated heterocycles. The predicted octanol–water partition coefficient (Wildman–Crippen LogP) is 0.754. The molecule has 0 N–H and O–H groups in total. The van der Waals surface area contributed by atoms with Crippen LogP contribution < -0.4 is 0 Å². The molecule has 1 unspecified atom stereocenters. The lowest BCUT2D eigenvalue weighted by atomic mass is 10.2. The minimum Gasteiger partial charge on any atom is -0.464 e. The maximum absolute atomic E-state index is 11.6. The van der Waals surface area contributed by atoms with Gasteiger partial charge in [0.2, 0.25) is 0 Å². The first kappa shape index (κ1) is 15.9. The average molecular weight is 299 g/mol. The van der Waals surface area contributed by atoms with Crippen molar-refractivity contribution < 1.29 is 23.7 Å². The van der Waals surface area contributed by atoms with E-state index in [0.717, 1.165) is 25.9 Å². The normalized spacial score (nSPS) is 18.7. The first-order valence-corrected chi connectivity index (χ1v) is 6.99. The first-order chi connectivity index (χ1) is 10.3. The van der Waals surface area contributed by atoms with Crippen molar-refractivity contribution in [1.82, 2.24) is 15.0 Å². The van der Waals surface area contributed by atoms with E-state index >= 15 is 0 Å². The second kappa shape index (κ2) is 8.06. The number of hydrogen-bond acceptors (Lipinski definition) is 7. The molecule has 8 nitrogen and oxygen atoms in total. The van der Waals surface area contributed by atoms with E-state index in [4.69, 9.17) is 14.2 Å². The fraction of sp³-hybridized carbons (Fsp3) is 0.769. The van der Waals surface area contributed by atoms with Gasteiger partial charge in [-0.1, -0.05) is 5.21 Å². The molecule has 1 fully saturated rings. The van der Waals surface area contributed by atoms with E-state index in [1.165, 1.54) is 7.11 Å². The number of carbonyl (C=O) groups excluding carboxylic acids is 1. The molecule has 1 atom stereocenters. The number of methoxy groups -OCH3 is 2. The molecule has 0 radical (unpaired) electrons. The highest BCUT2D eigenvalue weighted by Crippen LogP contribution is 2.14. The van der Waals surface area contributed by atoms with E-state index < -0.39 is 5.97 Å². The Hall–Kier alpha value is -1.51. The summed E-state index contributed by atoms with van der Waals surface area (Å²) in [6, 6.07) is 0. The number of rotatable bonds is 7. The Morgan fingerprint density at radius 2 is 2.29 bits per heavy atom. The monoisotopic (exact) mass is 299 g/mol. The highest BCUT2D eigenvalue weighted by Gasteiger charge is 2.20. The van der Waals surface area contributed by atoms with Crippen LogP contribution in [0.1, 0.15) is 35.4 Å². The smallest absolute Gasteiger partial charge is 0.360 e. The molecule has 1 aromatic heterocycles. The highest BCUT2D eigenvalue weighted by molar-refractivity contribution is 5.88. The SMILES string of the molecule is COCc1c(C(=O)OC)nnn1CCOC1CCCCO1. The van der Waals surface area contributed by atoms with Gasteiger partial charge < -0.3 is 18.9 Å². The summed E-state index contributed by atoms with van der Waals surface area (Å²) >= 11 is 0. The summed E-state index contributed by atoms with van der Waals surface area (Å²) < 4.78 is 22.5. The third kappa shape index (κ3) is 4.23. The number of carbonyl (C=O) groups is 1. The summed E-state index contributed by atoms with van der Waals surface area (Å²) in [5.41, 5.74) is 0.755. The van der Waals surface area contributed by atoms with E-state index in [1.54, 1.807) is 11.8 Å². The molecular weight excluding hydrogens is 278 g/mol. The Balaban J connectivity index is 1.92. The molecule has 1 aromatic rings. The topological polar surface area (TPSA) is 84.7 Å². The predicted molar refractivity (Wildman–Crippen MR) is 71.6 cm³/mol. The van der Waals surface area contributed by atoms with Crippen LogP contribution in [-0.2, 0) is 32.1 Å². The number of ether oxygens (including phenoxy) is 4. The quantitative estimate of drug-likeness (QED) is 0.687. The molecular formula is C13H21N3O5. The summed E-state index contributed by atoms with van der Waals surface area (Å²) in [7, 11) is 2.85. The van der Waals surface area contributed by atoms with Crippen LogP contribution in [0.15, 0.2) is 0 Å². The van der Waals surface area contributed by atoms with Crippen LogP contribution in [0.2, 0.25) is 0 Å². The minimum atomic E-state index is -0.523. The molecule has 8 heteroatoms. The molecule has 0 spiro atoms. The zero-order chi connectivity index (χ0) is 15.1. The summed E-state index contributed by atoms with van der Waals surface area (Å²) in [5, 5.41) is 7.79. The first-order valence-electron chi connectivity index (χ1n) is 6.99. The largest absolute Gasteiger partial charge is 0.464 e. The molecule has 0 aliphatic carbocycles. The zero-order valence-electron chi connectivity index (χ0n) is 12.4. The van der Waals surface area contributed by atoms with Crippen molar-refractivity contribution in [3.63, 3.8) is 0 Å². The van der Waals surface area contributed by atoms with Gasteiger partial charge in [-0.3, -0.25) is 0 Å². The van der Waals surface area contributed by atoms with E-state index in [9.17, 15) is 4.79 Å². The van der Waals surface area contributed by atoms with Gasteiger partial charge in [0.15, 0.2) is 12.0 Å². The van der Waals surface area contributed by atoms with Crippen LogP contribution in [-0.4, -0.2) is 54.7 Å². The molecule has 1 aliphatic rings. The fourth-order valence-electron chi connectivity index (χ4n) is 2.16. The van der Waals surface area contributed by atoms with Crippen molar-refractivity contribution in [1.29, 1.82) is 0 Å². The summed E-state index contributed by atoms with van der Waals surface area (Å²) in [5.74, 6) is -0.523. The molecule has 1 aliphatic heterocycles. The van der Waals surface area contributed by atoms with Gasteiger partial charge in [0.1, 0.15) is 0 Å². The van der Waals surface area contributed by atoms with Gasteiger partial charge in [-0.15, -0.1) is 5.10 Å². The molecule has 2 rings (SSSR count). The van der Waals surface area contributed by atoms with Crippen LogP contribution in [0.25, 0.3) is 0 Å². The summed E-state index contributed by atoms with van der Waals surface area (Å²) in [6.45, 7) is 1.89. The van der Waals surface area contributed by atoms with Crippen LogP contribution in [0.3, 0.4) is 0 Å². The summed E-state index contributed by atoms with van der Waals surface area (Å²) in [6.07, 6.45) is 2.97. The third-order valence-electron chi connectivity index (χ3n) is 3.24. The van der Waals surface area contributed by atoms with Crippen LogP contribution in [0.5, 0.6) is 0 Å². The number of esters is 1. The second-order valence-corrected chi connectivity index (χ2v) is 4.70. The number of nitrogens with zero attached hydrogens (tertiary/aromatic N) is 3. The van der Waals surface area contributed by atoms with E-state index in [0.29, 0.717) is 18.8 Å². The van der Waals surface area contributed by atoms with Gasteiger partial charge in [-0.05, 0) is 19.3 Å². The Kier molecular flexibility index (Phi) is 6.09. The Bertz CT molecular complexity index is 457. The molecule has 0 bridgehead atoms. The minimum absolute atomic E-state index is 0.145. The van der Waals surface area contributed by atoms with Crippen molar-refractivity contribution in [2.75, 3.05) is 27.4 Å². The lowest BCUT2D eigenvalue weighted by Gasteiger charge is -2.22. The maximum Gasteiger partial charge on any atom is 0.360 e. The second-order valence-electron chi connectivity index (χ2n) is 4.70. The van der Waals surface area contributed by atoms with Crippen molar-refractivity contribution in [2.45, 2.75) is 38.7 Å². The van der Waals surface area contributed by atoms with E-state index in [2.05, 4.69) is 15.0 Å². The van der Waals surface area contributed by atoms with Crippen molar-refractivity contribution in [3.8, 4) is 0 Å². The molecule has 21 heavy (non-hydrogen) atoms. The van der Waals surface area contributed by atoms with Crippen LogP contribution >= 0.6 is 0 Å². The summed E-state index contributed by atoms with van der Waals surface area (Å²) in [4.78, 5) is 11.6.